The Morgan fingerprint density at radius 2 is 1.78 bits per heavy atom. The lowest BCUT2D eigenvalue weighted by Gasteiger charge is -2.27. The van der Waals surface area contributed by atoms with Gasteiger partial charge < -0.3 is 10.2 Å². The van der Waals surface area contributed by atoms with Crippen LogP contribution in [0.3, 0.4) is 0 Å². The Labute approximate surface area is 190 Å². The Hall–Kier alpha value is -3.45. The number of benzene rings is 2. The van der Waals surface area contributed by atoms with Gasteiger partial charge in [0.15, 0.2) is 5.76 Å². The van der Waals surface area contributed by atoms with E-state index in [0.29, 0.717) is 27.7 Å². The number of phenols is 1. The van der Waals surface area contributed by atoms with Crippen molar-refractivity contribution in [1.29, 1.82) is 0 Å². The number of thiazole rings is 1. The van der Waals surface area contributed by atoms with Gasteiger partial charge in [0.05, 0.1) is 27.2 Å². The number of aliphatic hydroxyl groups is 1. The van der Waals surface area contributed by atoms with E-state index >= 15 is 0 Å². The van der Waals surface area contributed by atoms with Crippen molar-refractivity contribution in [3.05, 3.63) is 86.6 Å². The smallest absolute Gasteiger partial charge is 0.294 e. The third-order valence-corrected chi connectivity index (χ3v) is 6.66. The van der Waals surface area contributed by atoms with Gasteiger partial charge in [0.2, 0.25) is 5.78 Å². The molecule has 0 bridgehead atoms. The summed E-state index contributed by atoms with van der Waals surface area (Å²) < 4.78 is 0. The Morgan fingerprint density at radius 1 is 1.09 bits per heavy atom. The molecule has 0 spiro atoms. The zero-order chi connectivity index (χ0) is 23.2. The van der Waals surface area contributed by atoms with Gasteiger partial charge in [-0.25, -0.2) is 4.98 Å². The number of nitrogens with zero attached hydrogens (tertiary/aromatic N) is 2. The molecule has 32 heavy (non-hydrogen) atoms. The molecule has 0 fully saturated rings. The van der Waals surface area contributed by atoms with Crippen molar-refractivity contribution in [2.24, 2.45) is 0 Å². The van der Waals surface area contributed by atoms with Crippen LogP contribution >= 0.6 is 11.3 Å². The number of phenolic OH excluding ortho intramolecular Hbond substituents is 1. The van der Waals surface area contributed by atoms with Crippen molar-refractivity contribution < 1.29 is 19.8 Å². The number of rotatable bonds is 5. The van der Waals surface area contributed by atoms with E-state index in [1.807, 2.05) is 24.3 Å². The number of amides is 1. The number of Topliss-reactive ketones (excluding diaryl/α,β-unsaturated/α-hetero) is 1. The number of carbonyl (C=O) groups excluding carboxylic acids is 2. The van der Waals surface area contributed by atoms with Crippen LogP contribution in [0.1, 0.15) is 57.3 Å². The molecule has 2 heterocycles. The molecular formula is C25H24N2O4S. The summed E-state index contributed by atoms with van der Waals surface area (Å²) >= 11 is 1.23. The average molecular weight is 449 g/mol. The lowest BCUT2D eigenvalue weighted by atomic mass is 9.94. The second kappa shape index (κ2) is 8.24. The molecule has 1 unspecified atom stereocenters. The van der Waals surface area contributed by atoms with Crippen LogP contribution in [0, 0.1) is 13.8 Å². The number of anilines is 1. The first kappa shape index (κ1) is 21.8. The fraction of sp³-hybridized carbons (Fsp3) is 0.240. The van der Waals surface area contributed by atoms with Gasteiger partial charge in [-0.2, -0.15) is 0 Å². The summed E-state index contributed by atoms with van der Waals surface area (Å²) in [5.74, 6) is -1.34. The third kappa shape index (κ3) is 3.69. The zero-order valence-electron chi connectivity index (χ0n) is 18.3. The summed E-state index contributed by atoms with van der Waals surface area (Å²) in [5, 5.41) is 21.7. The molecule has 1 amide bonds. The van der Waals surface area contributed by atoms with E-state index in [1.54, 1.807) is 26.0 Å². The largest absolute Gasteiger partial charge is 0.508 e. The number of aryl methyl sites for hydroxylation is 2. The van der Waals surface area contributed by atoms with Crippen molar-refractivity contribution in [3.8, 4) is 5.75 Å². The molecule has 2 aromatic carbocycles. The molecule has 1 aliphatic rings. The van der Waals surface area contributed by atoms with Crippen LogP contribution in [-0.2, 0) is 4.79 Å². The molecule has 0 saturated carbocycles. The second-order valence-corrected chi connectivity index (χ2v) is 9.36. The highest BCUT2D eigenvalue weighted by Gasteiger charge is 2.45. The lowest BCUT2D eigenvalue weighted by Crippen LogP contribution is -2.31. The first-order valence-corrected chi connectivity index (χ1v) is 11.1. The summed E-state index contributed by atoms with van der Waals surface area (Å²) in [6, 6.07) is 13.0. The van der Waals surface area contributed by atoms with Gasteiger partial charge in [0, 0.05) is 5.69 Å². The highest BCUT2D eigenvalue weighted by atomic mass is 32.1. The number of carbonyl (C=O) groups is 2. The zero-order valence-corrected chi connectivity index (χ0v) is 19.1. The van der Waals surface area contributed by atoms with Gasteiger partial charge in [-0.3, -0.25) is 14.5 Å². The van der Waals surface area contributed by atoms with Gasteiger partial charge in [0.1, 0.15) is 5.75 Å². The summed E-state index contributed by atoms with van der Waals surface area (Å²) in [4.78, 5) is 32.9. The van der Waals surface area contributed by atoms with Crippen LogP contribution in [0.15, 0.2) is 59.9 Å². The standard InChI is InChI=1S/C25H24N2O4S/c1-13(2)16-8-10-18(11-9-16)27-21(17-6-5-7-19(28)12-17)20(23(30)25(27)31)22(29)24-14(3)26-15(4)32-24/h5-13,21,28,30H,1-4H3. The fourth-order valence-electron chi connectivity index (χ4n) is 4.00. The van der Waals surface area contributed by atoms with Crippen molar-refractivity contribution in [3.63, 3.8) is 0 Å². The number of aliphatic hydroxyl groups excluding tert-OH is 1. The average Bonchev–Trinajstić information content (AvgIpc) is 3.23. The van der Waals surface area contributed by atoms with Crippen molar-refractivity contribution in [2.45, 2.75) is 39.7 Å². The van der Waals surface area contributed by atoms with Crippen LogP contribution in [0.5, 0.6) is 5.75 Å². The van der Waals surface area contributed by atoms with Gasteiger partial charge in [0.25, 0.3) is 5.91 Å². The molecule has 164 valence electrons. The maximum atomic E-state index is 13.5. The highest BCUT2D eigenvalue weighted by Crippen LogP contribution is 2.43. The van der Waals surface area contributed by atoms with Gasteiger partial charge >= 0.3 is 0 Å². The predicted octanol–water partition coefficient (Wildman–Crippen LogP) is 5.37. The number of hydrogen-bond donors (Lipinski definition) is 2. The number of aromatic nitrogens is 1. The molecule has 1 atom stereocenters. The number of aromatic hydroxyl groups is 1. The van der Waals surface area contributed by atoms with E-state index < -0.39 is 23.5 Å². The monoisotopic (exact) mass is 448 g/mol. The predicted molar refractivity (Wildman–Crippen MR) is 124 cm³/mol. The molecule has 4 rings (SSSR count). The van der Waals surface area contributed by atoms with E-state index in [-0.39, 0.29) is 11.3 Å². The SMILES string of the molecule is Cc1nc(C)c(C(=O)C2=C(O)C(=O)N(c3ccc(C(C)C)cc3)C2c2cccc(O)c2)s1. The maximum absolute atomic E-state index is 13.5. The van der Waals surface area contributed by atoms with Crippen LogP contribution in [0.2, 0.25) is 0 Å². The van der Waals surface area contributed by atoms with E-state index in [4.69, 9.17) is 0 Å². The van der Waals surface area contributed by atoms with Crippen LogP contribution < -0.4 is 4.90 Å². The minimum Gasteiger partial charge on any atom is -0.508 e. The fourth-order valence-corrected chi connectivity index (χ4v) is 4.87. The maximum Gasteiger partial charge on any atom is 0.294 e. The Bertz CT molecular complexity index is 1240. The molecule has 0 radical (unpaired) electrons. The third-order valence-electron chi connectivity index (χ3n) is 5.59. The molecule has 0 aliphatic carbocycles. The van der Waals surface area contributed by atoms with Crippen LogP contribution in [-0.4, -0.2) is 26.9 Å². The van der Waals surface area contributed by atoms with Gasteiger partial charge in [-0.1, -0.05) is 38.1 Å². The summed E-state index contributed by atoms with van der Waals surface area (Å²) in [5.41, 5.74) is 2.73. The topological polar surface area (TPSA) is 90.7 Å². The highest BCUT2D eigenvalue weighted by molar-refractivity contribution is 7.14. The van der Waals surface area contributed by atoms with E-state index in [0.717, 1.165) is 10.6 Å². The summed E-state index contributed by atoms with van der Waals surface area (Å²) in [6.07, 6.45) is 0. The minimum absolute atomic E-state index is 0.00746. The quantitative estimate of drug-likeness (QED) is 0.512. The number of ketones is 1. The van der Waals surface area contributed by atoms with E-state index in [2.05, 4.69) is 18.8 Å². The normalized spacial score (nSPS) is 16.3. The Morgan fingerprint density at radius 3 is 2.34 bits per heavy atom. The Balaban J connectivity index is 1.87. The first-order chi connectivity index (χ1) is 15.2. The summed E-state index contributed by atoms with van der Waals surface area (Å²) in [7, 11) is 0. The lowest BCUT2D eigenvalue weighted by molar-refractivity contribution is -0.117. The van der Waals surface area contributed by atoms with E-state index in [9.17, 15) is 19.8 Å². The molecule has 2 N–H and O–H groups in total. The van der Waals surface area contributed by atoms with E-state index in [1.165, 1.54) is 28.4 Å². The molecule has 3 aromatic rings. The molecule has 0 saturated heterocycles. The van der Waals surface area contributed by atoms with Crippen molar-refractivity contribution in [1.82, 2.24) is 4.98 Å². The summed E-state index contributed by atoms with van der Waals surface area (Å²) in [6.45, 7) is 7.69. The molecular weight excluding hydrogens is 424 g/mol. The van der Waals surface area contributed by atoms with Gasteiger partial charge in [-0.15, -0.1) is 11.3 Å². The Kier molecular flexibility index (Phi) is 5.60. The molecule has 1 aliphatic heterocycles. The van der Waals surface area contributed by atoms with Gasteiger partial charge in [-0.05, 0) is 55.2 Å². The molecule has 7 heteroatoms. The van der Waals surface area contributed by atoms with Crippen LogP contribution in [0.25, 0.3) is 0 Å². The minimum atomic E-state index is -0.881. The molecule has 6 nitrogen and oxygen atoms in total. The first-order valence-electron chi connectivity index (χ1n) is 10.3. The van der Waals surface area contributed by atoms with Crippen molar-refractivity contribution in [2.75, 3.05) is 4.90 Å². The van der Waals surface area contributed by atoms with Crippen LogP contribution in [0.4, 0.5) is 5.69 Å². The van der Waals surface area contributed by atoms with Crippen molar-refractivity contribution >= 4 is 28.7 Å². The molecule has 1 aromatic heterocycles. The second-order valence-electron chi connectivity index (χ2n) is 8.16. The number of hydrogen-bond acceptors (Lipinski definition) is 6.